The first kappa shape index (κ1) is 15.3. The van der Waals surface area contributed by atoms with Crippen molar-refractivity contribution in [2.24, 2.45) is 0 Å². The molecule has 0 radical (unpaired) electrons. The fourth-order valence-corrected chi connectivity index (χ4v) is 4.63. The van der Waals surface area contributed by atoms with E-state index in [2.05, 4.69) is 56.2 Å². The van der Waals surface area contributed by atoms with Crippen molar-refractivity contribution in [3.8, 4) is 11.5 Å². The molecule has 3 nitrogen and oxygen atoms in total. The van der Waals surface area contributed by atoms with Gasteiger partial charge in [-0.1, -0.05) is 15.9 Å². The van der Waals surface area contributed by atoms with Gasteiger partial charge in [-0.05, 0) is 59.2 Å². The van der Waals surface area contributed by atoms with Gasteiger partial charge in [0, 0.05) is 9.35 Å². The third-order valence-electron chi connectivity index (χ3n) is 3.42. The van der Waals surface area contributed by atoms with Crippen LogP contribution in [0.15, 0.2) is 26.5 Å². The lowest BCUT2D eigenvalue weighted by molar-refractivity contribution is 0.171. The first-order chi connectivity index (χ1) is 10.1. The van der Waals surface area contributed by atoms with E-state index in [9.17, 15) is 0 Å². The molecule has 1 unspecified atom stereocenters. The Kier molecular flexibility index (Phi) is 4.59. The minimum atomic E-state index is 0.116. The predicted octanol–water partition coefficient (Wildman–Crippen LogP) is 4.66. The number of hydrogen-bond donors (Lipinski definition) is 1. The highest BCUT2D eigenvalue weighted by Gasteiger charge is 2.22. The molecule has 2 heterocycles. The zero-order valence-corrected chi connectivity index (χ0v) is 15.7. The summed E-state index contributed by atoms with van der Waals surface area (Å²) in [6.45, 7) is 3.31. The third kappa shape index (κ3) is 2.99. The van der Waals surface area contributed by atoms with Crippen LogP contribution in [-0.2, 0) is 0 Å². The molecule has 1 aliphatic heterocycles. The summed E-state index contributed by atoms with van der Waals surface area (Å²) in [6.07, 6.45) is 0. The van der Waals surface area contributed by atoms with Crippen LogP contribution in [0.4, 0.5) is 0 Å². The molecule has 1 N–H and O–H groups in total. The average molecular weight is 433 g/mol. The summed E-state index contributed by atoms with van der Waals surface area (Å²) in [7, 11) is 1.97. The van der Waals surface area contributed by atoms with E-state index >= 15 is 0 Å². The van der Waals surface area contributed by atoms with Crippen molar-refractivity contribution in [2.45, 2.75) is 13.0 Å². The third-order valence-corrected chi connectivity index (χ3v) is 6.31. The van der Waals surface area contributed by atoms with E-state index in [0.717, 1.165) is 21.5 Å². The van der Waals surface area contributed by atoms with Crippen LogP contribution < -0.4 is 14.8 Å². The second-order valence-electron chi connectivity index (χ2n) is 4.84. The monoisotopic (exact) mass is 431 g/mol. The Balaban J connectivity index is 2.04. The largest absolute Gasteiger partial charge is 0.486 e. The molecule has 0 saturated carbocycles. The normalized spacial score (nSPS) is 15.0. The molecule has 0 aliphatic carbocycles. The molecular formula is C15H15Br2NO2S. The van der Waals surface area contributed by atoms with Crippen molar-refractivity contribution in [1.82, 2.24) is 5.32 Å². The molecule has 0 spiro atoms. The maximum Gasteiger partial charge on any atom is 0.162 e. The van der Waals surface area contributed by atoms with Gasteiger partial charge in [0.1, 0.15) is 13.2 Å². The molecule has 0 saturated heterocycles. The summed E-state index contributed by atoms with van der Waals surface area (Å²) in [5.74, 6) is 1.61. The number of thiophene rings is 1. The quantitative estimate of drug-likeness (QED) is 0.764. The van der Waals surface area contributed by atoms with Crippen LogP contribution in [0, 0.1) is 6.92 Å². The standard InChI is InChI=1S/C15H15Br2NO2S/c1-8-5-13(21-15(8)17)14(18-2)9-6-11-12(7-10(9)16)20-4-3-19-11/h5-7,14,18H,3-4H2,1-2H3. The molecule has 1 aromatic heterocycles. The summed E-state index contributed by atoms with van der Waals surface area (Å²) in [5.41, 5.74) is 2.40. The molecule has 0 fully saturated rings. The van der Waals surface area contributed by atoms with Gasteiger partial charge in [-0.2, -0.15) is 0 Å². The fourth-order valence-electron chi connectivity index (χ4n) is 2.38. The number of aryl methyl sites for hydroxylation is 1. The SMILES string of the molecule is CNC(c1cc(C)c(Br)s1)c1cc2c(cc1Br)OCCO2. The van der Waals surface area contributed by atoms with Crippen molar-refractivity contribution >= 4 is 43.2 Å². The molecular weight excluding hydrogens is 418 g/mol. The highest BCUT2D eigenvalue weighted by molar-refractivity contribution is 9.11. The number of rotatable bonds is 3. The van der Waals surface area contributed by atoms with Gasteiger partial charge in [0.15, 0.2) is 11.5 Å². The van der Waals surface area contributed by atoms with Crippen LogP contribution in [0.5, 0.6) is 11.5 Å². The molecule has 21 heavy (non-hydrogen) atoms. The smallest absolute Gasteiger partial charge is 0.162 e. The molecule has 0 bridgehead atoms. The first-order valence-electron chi connectivity index (χ1n) is 6.62. The topological polar surface area (TPSA) is 30.5 Å². The fraction of sp³-hybridized carbons (Fsp3) is 0.333. The zero-order valence-electron chi connectivity index (χ0n) is 11.7. The van der Waals surface area contributed by atoms with Crippen LogP contribution in [-0.4, -0.2) is 20.3 Å². The predicted molar refractivity (Wildman–Crippen MR) is 92.8 cm³/mol. The van der Waals surface area contributed by atoms with E-state index in [1.807, 2.05) is 13.1 Å². The van der Waals surface area contributed by atoms with Crippen LogP contribution >= 0.6 is 43.2 Å². The number of nitrogens with one attached hydrogen (secondary N) is 1. The second kappa shape index (κ2) is 6.28. The molecule has 1 aromatic carbocycles. The Morgan fingerprint density at radius 1 is 1.14 bits per heavy atom. The van der Waals surface area contributed by atoms with E-state index in [0.29, 0.717) is 13.2 Å². The summed E-state index contributed by atoms with van der Waals surface area (Å²) in [4.78, 5) is 1.26. The summed E-state index contributed by atoms with van der Waals surface area (Å²) in [6, 6.07) is 6.37. The van der Waals surface area contributed by atoms with Gasteiger partial charge in [0.2, 0.25) is 0 Å². The lowest BCUT2D eigenvalue weighted by Crippen LogP contribution is -2.19. The Morgan fingerprint density at radius 3 is 2.38 bits per heavy atom. The van der Waals surface area contributed by atoms with Gasteiger partial charge in [0.25, 0.3) is 0 Å². The average Bonchev–Trinajstić information content (AvgIpc) is 2.80. The Morgan fingerprint density at radius 2 is 1.81 bits per heavy atom. The lowest BCUT2D eigenvalue weighted by atomic mass is 10.0. The molecule has 0 amide bonds. The van der Waals surface area contributed by atoms with Crippen molar-refractivity contribution < 1.29 is 9.47 Å². The minimum absolute atomic E-state index is 0.116. The maximum absolute atomic E-state index is 5.70. The number of halogens is 2. The summed E-state index contributed by atoms with van der Waals surface area (Å²) >= 11 is 9.01. The van der Waals surface area contributed by atoms with Gasteiger partial charge < -0.3 is 14.8 Å². The van der Waals surface area contributed by atoms with E-state index in [1.165, 1.54) is 14.2 Å². The van der Waals surface area contributed by atoms with E-state index < -0.39 is 0 Å². The Bertz CT molecular complexity index is 652. The lowest BCUT2D eigenvalue weighted by Gasteiger charge is -2.23. The zero-order chi connectivity index (χ0) is 15.0. The number of ether oxygens (including phenoxy) is 2. The molecule has 3 rings (SSSR count). The summed E-state index contributed by atoms with van der Waals surface area (Å²) < 4.78 is 13.5. The van der Waals surface area contributed by atoms with Crippen molar-refractivity contribution in [2.75, 3.05) is 20.3 Å². The molecule has 1 aliphatic rings. The summed E-state index contributed by atoms with van der Waals surface area (Å²) in [5, 5.41) is 3.39. The van der Waals surface area contributed by atoms with Gasteiger partial charge in [-0.15, -0.1) is 11.3 Å². The van der Waals surface area contributed by atoms with Crippen molar-refractivity contribution in [1.29, 1.82) is 0 Å². The first-order valence-corrected chi connectivity index (χ1v) is 9.02. The molecule has 1 atom stereocenters. The van der Waals surface area contributed by atoms with Gasteiger partial charge in [-0.3, -0.25) is 0 Å². The molecule has 6 heteroatoms. The Hall–Kier alpha value is -0.560. The van der Waals surface area contributed by atoms with Crippen molar-refractivity contribution in [3.63, 3.8) is 0 Å². The van der Waals surface area contributed by atoms with Crippen LogP contribution in [0.3, 0.4) is 0 Å². The minimum Gasteiger partial charge on any atom is -0.486 e. The highest BCUT2D eigenvalue weighted by Crippen LogP contribution is 2.41. The van der Waals surface area contributed by atoms with Gasteiger partial charge in [-0.25, -0.2) is 0 Å². The second-order valence-corrected chi connectivity index (χ2v) is 8.10. The van der Waals surface area contributed by atoms with Crippen LogP contribution in [0.25, 0.3) is 0 Å². The van der Waals surface area contributed by atoms with Gasteiger partial charge >= 0.3 is 0 Å². The van der Waals surface area contributed by atoms with Crippen molar-refractivity contribution in [3.05, 3.63) is 42.5 Å². The molecule has 112 valence electrons. The number of benzene rings is 1. The maximum atomic E-state index is 5.70. The van der Waals surface area contributed by atoms with Crippen LogP contribution in [0.1, 0.15) is 22.0 Å². The number of fused-ring (bicyclic) bond motifs is 1. The van der Waals surface area contributed by atoms with E-state index in [4.69, 9.17) is 9.47 Å². The Labute approximate surface area is 144 Å². The number of hydrogen-bond acceptors (Lipinski definition) is 4. The van der Waals surface area contributed by atoms with E-state index in [-0.39, 0.29) is 6.04 Å². The molecule has 2 aromatic rings. The van der Waals surface area contributed by atoms with Gasteiger partial charge in [0.05, 0.1) is 9.83 Å². The van der Waals surface area contributed by atoms with E-state index in [1.54, 1.807) is 11.3 Å². The highest BCUT2D eigenvalue weighted by atomic mass is 79.9. The van der Waals surface area contributed by atoms with Crippen LogP contribution in [0.2, 0.25) is 0 Å².